The molecule has 0 aliphatic carbocycles. The van der Waals surface area contributed by atoms with Crippen LogP contribution >= 0.6 is 11.6 Å². The van der Waals surface area contributed by atoms with E-state index in [9.17, 15) is 8.42 Å². The minimum atomic E-state index is -3.82. The highest BCUT2D eigenvalue weighted by Crippen LogP contribution is 2.23. The summed E-state index contributed by atoms with van der Waals surface area (Å²) < 4.78 is 29.5. The highest BCUT2D eigenvalue weighted by atomic mass is 35.5. The maximum atomic E-state index is 12.2. The summed E-state index contributed by atoms with van der Waals surface area (Å²) in [5, 5.41) is 0.525. The normalized spacial score (nSPS) is 11.3. The van der Waals surface area contributed by atoms with Gasteiger partial charge in [-0.2, -0.15) is 8.42 Å². The van der Waals surface area contributed by atoms with Gasteiger partial charge in [-0.05, 0) is 55.3 Å². The number of rotatable bonds is 3. The van der Waals surface area contributed by atoms with Gasteiger partial charge in [0.25, 0.3) is 0 Å². The van der Waals surface area contributed by atoms with E-state index in [1.54, 1.807) is 31.2 Å². The van der Waals surface area contributed by atoms with Crippen LogP contribution < -0.4 is 4.18 Å². The summed E-state index contributed by atoms with van der Waals surface area (Å²) in [6.07, 6.45) is 0. The molecule has 0 aliphatic heterocycles. The summed E-state index contributed by atoms with van der Waals surface area (Å²) in [7, 11) is -3.82. The molecule has 0 aliphatic rings. The second kappa shape index (κ2) is 5.23. The molecule has 2 rings (SSSR count). The molecule has 0 saturated carbocycles. The van der Waals surface area contributed by atoms with E-state index < -0.39 is 10.1 Å². The molecule has 0 bridgehead atoms. The maximum Gasteiger partial charge on any atom is 0.339 e. The van der Waals surface area contributed by atoms with Gasteiger partial charge in [0.15, 0.2) is 0 Å². The van der Waals surface area contributed by atoms with Gasteiger partial charge in [0, 0.05) is 5.02 Å². The molecule has 0 heterocycles. The molecule has 0 amide bonds. The minimum Gasteiger partial charge on any atom is -0.379 e. The average Bonchev–Trinajstić information content (AvgIpc) is 2.35. The SMILES string of the molecule is Cc1ccc(C)c(S(=O)(=O)Oc2ccc(Cl)cc2)c1. The standard InChI is InChI=1S/C14H13ClO3S/c1-10-3-4-11(2)14(9-10)19(16,17)18-13-7-5-12(15)6-8-13/h3-9H,1-2H3. The van der Waals surface area contributed by atoms with Crippen LogP contribution in [0.2, 0.25) is 5.02 Å². The molecule has 0 aromatic heterocycles. The predicted octanol–water partition coefficient (Wildman–Crippen LogP) is 3.72. The van der Waals surface area contributed by atoms with Gasteiger partial charge < -0.3 is 4.18 Å². The van der Waals surface area contributed by atoms with Crippen molar-refractivity contribution in [3.8, 4) is 5.75 Å². The first-order chi connectivity index (χ1) is 8.88. The lowest BCUT2D eigenvalue weighted by atomic mass is 10.2. The third-order valence-corrected chi connectivity index (χ3v) is 4.27. The van der Waals surface area contributed by atoms with Gasteiger partial charge in [0.05, 0.1) is 0 Å². The smallest absolute Gasteiger partial charge is 0.339 e. The van der Waals surface area contributed by atoms with Crippen molar-refractivity contribution in [3.63, 3.8) is 0 Å². The lowest BCUT2D eigenvalue weighted by Gasteiger charge is -2.10. The molecule has 0 unspecified atom stereocenters. The topological polar surface area (TPSA) is 43.4 Å². The summed E-state index contributed by atoms with van der Waals surface area (Å²) in [6, 6.07) is 11.4. The molecular formula is C14H13ClO3S. The zero-order chi connectivity index (χ0) is 14.0. The third-order valence-electron chi connectivity index (χ3n) is 2.63. The van der Waals surface area contributed by atoms with E-state index >= 15 is 0 Å². The molecule has 0 spiro atoms. The third kappa shape index (κ3) is 3.28. The van der Waals surface area contributed by atoms with E-state index in [1.807, 2.05) is 13.0 Å². The van der Waals surface area contributed by atoms with Crippen molar-refractivity contribution in [3.05, 3.63) is 58.6 Å². The molecule has 19 heavy (non-hydrogen) atoms. The molecule has 0 fully saturated rings. The fraction of sp³-hybridized carbons (Fsp3) is 0.143. The van der Waals surface area contributed by atoms with Crippen LogP contribution in [0.4, 0.5) is 0 Å². The van der Waals surface area contributed by atoms with Crippen LogP contribution in [0.25, 0.3) is 0 Å². The van der Waals surface area contributed by atoms with Crippen molar-refractivity contribution in [2.75, 3.05) is 0 Å². The van der Waals surface area contributed by atoms with E-state index in [2.05, 4.69) is 0 Å². The number of hydrogen-bond acceptors (Lipinski definition) is 3. The summed E-state index contributed by atoms with van der Waals surface area (Å²) >= 11 is 5.74. The highest BCUT2D eigenvalue weighted by Gasteiger charge is 2.19. The lowest BCUT2D eigenvalue weighted by Crippen LogP contribution is -2.11. The van der Waals surface area contributed by atoms with Crippen molar-refractivity contribution in [2.24, 2.45) is 0 Å². The molecule has 0 atom stereocenters. The Balaban J connectivity index is 2.37. The van der Waals surface area contributed by atoms with Crippen molar-refractivity contribution in [1.29, 1.82) is 0 Å². The monoisotopic (exact) mass is 296 g/mol. The molecule has 0 saturated heterocycles. The van der Waals surface area contributed by atoms with Gasteiger partial charge in [0.1, 0.15) is 10.6 Å². The molecular weight excluding hydrogens is 284 g/mol. The molecule has 5 heteroatoms. The molecule has 0 radical (unpaired) electrons. The summed E-state index contributed by atoms with van der Waals surface area (Å²) in [5.41, 5.74) is 1.52. The van der Waals surface area contributed by atoms with Crippen LogP contribution in [0.15, 0.2) is 47.4 Å². The summed E-state index contributed by atoms with van der Waals surface area (Å²) in [6.45, 7) is 3.57. The van der Waals surface area contributed by atoms with Crippen molar-refractivity contribution in [2.45, 2.75) is 18.7 Å². The largest absolute Gasteiger partial charge is 0.379 e. The van der Waals surface area contributed by atoms with E-state index in [-0.39, 0.29) is 10.6 Å². The van der Waals surface area contributed by atoms with Crippen LogP contribution in [-0.2, 0) is 10.1 Å². The Hall–Kier alpha value is -1.52. The van der Waals surface area contributed by atoms with E-state index in [0.717, 1.165) is 5.56 Å². The predicted molar refractivity (Wildman–Crippen MR) is 75.2 cm³/mol. The van der Waals surface area contributed by atoms with Crippen molar-refractivity contribution < 1.29 is 12.6 Å². The first-order valence-corrected chi connectivity index (χ1v) is 7.44. The first kappa shape index (κ1) is 13.9. The Labute approximate surface area is 117 Å². The number of benzene rings is 2. The van der Waals surface area contributed by atoms with Crippen molar-refractivity contribution in [1.82, 2.24) is 0 Å². The summed E-state index contributed by atoms with van der Waals surface area (Å²) in [4.78, 5) is 0.183. The molecule has 3 nitrogen and oxygen atoms in total. The molecule has 100 valence electrons. The Kier molecular flexibility index (Phi) is 3.83. The van der Waals surface area contributed by atoms with Crippen LogP contribution in [0.5, 0.6) is 5.75 Å². The van der Waals surface area contributed by atoms with Crippen LogP contribution in [0.1, 0.15) is 11.1 Å². The van der Waals surface area contributed by atoms with E-state index in [0.29, 0.717) is 10.6 Å². The minimum absolute atomic E-state index is 0.183. The Morgan fingerprint density at radius 3 is 2.26 bits per heavy atom. The molecule has 2 aromatic rings. The second-order valence-corrected chi connectivity index (χ2v) is 6.21. The van der Waals surface area contributed by atoms with Gasteiger partial charge >= 0.3 is 10.1 Å². The Morgan fingerprint density at radius 1 is 1.00 bits per heavy atom. The van der Waals surface area contributed by atoms with Gasteiger partial charge in [0.2, 0.25) is 0 Å². The van der Waals surface area contributed by atoms with E-state index in [1.165, 1.54) is 12.1 Å². The Bertz CT molecular complexity index is 691. The van der Waals surface area contributed by atoms with Crippen molar-refractivity contribution >= 4 is 21.7 Å². The fourth-order valence-electron chi connectivity index (χ4n) is 1.64. The maximum absolute atomic E-state index is 12.2. The summed E-state index contributed by atoms with van der Waals surface area (Å²) in [5.74, 6) is 0.241. The van der Waals surface area contributed by atoms with Crippen LogP contribution in [0.3, 0.4) is 0 Å². The fourth-order valence-corrected chi connectivity index (χ4v) is 3.01. The van der Waals surface area contributed by atoms with E-state index in [4.69, 9.17) is 15.8 Å². The Morgan fingerprint density at radius 2 is 1.63 bits per heavy atom. The highest BCUT2D eigenvalue weighted by molar-refractivity contribution is 7.87. The lowest BCUT2D eigenvalue weighted by molar-refractivity contribution is 0.485. The molecule has 0 N–H and O–H groups in total. The number of aryl methyl sites for hydroxylation is 2. The second-order valence-electron chi connectivity index (χ2n) is 4.26. The van der Waals surface area contributed by atoms with Gasteiger partial charge in [-0.25, -0.2) is 0 Å². The zero-order valence-corrected chi connectivity index (χ0v) is 12.1. The quantitative estimate of drug-likeness (QED) is 0.811. The van der Waals surface area contributed by atoms with Gasteiger partial charge in [-0.15, -0.1) is 0 Å². The zero-order valence-electron chi connectivity index (χ0n) is 10.6. The number of hydrogen-bond donors (Lipinski definition) is 0. The average molecular weight is 297 g/mol. The first-order valence-electron chi connectivity index (χ1n) is 5.66. The van der Waals surface area contributed by atoms with Gasteiger partial charge in [-0.1, -0.05) is 23.7 Å². The van der Waals surface area contributed by atoms with Crippen LogP contribution in [0, 0.1) is 13.8 Å². The molecule has 2 aromatic carbocycles. The van der Waals surface area contributed by atoms with Gasteiger partial charge in [-0.3, -0.25) is 0 Å². The van der Waals surface area contributed by atoms with Crippen LogP contribution in [-0.4, -0.2) is 8.42 Å². The number of halogens is 1.